The number of para-hydroxylation sites is 1. The lowest BCUT2D eigenvalue weighted by molar-refractivity contribution is -0.135. The van der Waals surface area contributed by atoms with Crippen molar-refractivity contribution < 1.29 is 18.7 Å². The van der Waals surface area contributed by atoms with E-state index in [2.05, 4.69) is 15.1 Å². The molecule has 1 N–H and O–H groups in total. The zero-order chi connectivity index (χ0) is 19.1. The molecule has 1 aromatic carbocycles. The molecule has 0 unspecified atom stereocenters. The van der Waals surface area contributed by atoms with Gasteiger partial charge in [0.1, 0.15) is 5.82 Å². The van der Waals surface area contributed by atoms with E-state index in [0.717, 1.165) is 26.2 Å². The number of morpholine rings is 1. The van der Waals surface area contributed by atoms with Crippen molar-refractivity contribution in [1.82, 2.24) is 14.7 Å². The van der Waals surface area contributed by atoms with Gasteiger partial charge in [0.25, 0.3) is 0 Å². The maximum absolute atomic E-state index is 13.6. The molecule has 0 atom stereocenters. The van der Waals surface area contributed by atoms with Crippen LogP contribution in [0, 0.1) is 5.82 Å². The number of carbonyl (C=O) groups is 2. The van der Waals surface area contributed by atoms with Gasteiger partial charge in [-0.3, -0.25) is 19.4 Å². The SMILES string of the molecule is O=C(CCN1CCN(C(=O)CN2CCOCC2)CC1)Nc1ccccc1F. The third kappa shape index (κ3) is 5.98. The van der Waals surface area contributed by atoms with E-state index in [1.54, 1.807) is 18.2 Å². The number of hydrogen-bond donors (Lipinski definition) is 1. The van der Waals surface area contributed by atoms with E-state index in [4.69, 9.17) is 4.74 Å². The Hall–Kier alpha value is -2.03. The summed E-state index contributed by atoms with van der Waals surface area (Å²) < 4.78 is 18.9. The lowest BCUT2D eigenvalue weighted by atomic mass is 10.2. The van der Waals surface area contributed by atoms with E-state index in [0.29, 0.717) is 45.8 Å². The van der Waals surface area contributed by atoms with Gasteiger partial charge in [-0.15, -0.1) is 0 Å². The summed E-state index contributed by atoms with van der Waals surface area (Å²) in [5.74, 6) is -0.474. The number of anilines is 1. The number of nitrogens with zero attached hydrogens (tertiary/aromatic N) is 3. The fraction of sp³-hybridized carbons (Fsp3) is 0.579. The summed E-state index contributed by atoms with van der Waals surface area (Å²) in [4.78, 5) is 30.6. The van der Waals surface area contributed by atoms with Gasteiger partial charge in [-0.05, 0) is 12.1 Å². The molecule has 0 aliphatic carbocycles. The van der Waals surface area contributed by atoms with Gasteiger partial charge in [0.05, 0.1) is 25.4 Å². The minimum absolute atomic E-state index is 0.161. The van der Waals surface area contributed by atoms with Crippen molar-refractivity contribution in [3.8, 4) is 0 Å². The Balaban J connectivity index is 1.35. The molecule has 2 saturated heterocycles. The highest BCUT2D eigenvalue weighted by Crippen LogP contribution is 2.13. The largest absolute Gasteiger partial charge is 0.379 e. The number of amides is 2. The van der Waals surface area contributed by atoms with Crippen molar-refractivity contribution in [2.75, 3.05) is 70.9 Å². The molecule has 0 radical (unpaired) electrons. The molecule has 2 heterocycles. The van der Waals surface area contributed by atoms with E-state index in [9.17, 15) is 14.0 Å². The molecule has 0 saturated carbocycles. The first-order valence-corrected chi connectivity index (χ1v) is 9.46. The number of rotatable bonds is 6. The van der Waals surface area contributed by atoms with Crippen molar-refractivity contribution in [2.45, 2.75) is 6.42 Å². The second-order valence-corrected chi connectivity index (χ2v) is 6.89. The predicted octanol–water partition coefficient (Wildman–Crippen LogP) is 0.631. The third-order valence-corrected chi connectivity index (χ3v) is 4.99. The number of nitrogens with one attached hydrogen (secondary N) is 1. The molecule has 7 nitrogen and oxygen atoms in total. The van der Waals surface area contributed by atoms with Crippen LogP contribution in [0.3, 0.4) is 0 Å². The maximum Gasteiger partial charge on any atom is 0.236 e. The van der Waals surface area contributed by atoms with Crippen LogP contribution in [0.2, 0.25) is 0 Å². The van der Waals surface area contributed by atoms with Gasteiger partial charge in [0.2, 0.25) is 11.8 Å². The fourth-order valence-corrected chi connectivity index (χ4v) is 3.31. The molecule has 0 aromatic heterocycles. The summed E-state index contributed by atoms with van der Waals surface area (Å²) in [6, 6.07) is 6.14. The molecule has 2 aliphatic heterocycles. The highest BCUT2D eigenvalue weighted by Gasteiger charge is 2.23. The van der Waals surface area contributed by atoms with E-state index < -0.39 is 5.82 Å². The monoisotopic (exact) mass is 378 g/mol. The minimum atomic E-state index is -0.432. The van der Waals surface area contributed by atoms with Crippen molar-refractivity contribution in [3.05, 3.63) is 30.1 Å². The molecule has 2 fully saturated rings. The first-order chi connectivity index (χ1) is 13.1. The summed E-state index contributed by atoms with van der Waals surface area (Å²) in [5, 5.41) is 2.60. The first kappa shape index (κ1) is 19.7. The van der Waals surface area contributed by atoms with Gasteiger partial charge >= 0.3 is 0 Å². The predicted molar refractivity (Wildman–Crippen MR) is 99.9 cm³/mol. The van der Waals surface area contributed by atoms with Gasteiger partial charge in [-0.25, -0.2) is 4.39 Å². The van der Waals surface area contributed by atoms with Gasteiger partial charge in [-0.1, -0.05) is 12.1 Å². The Morgan fingerprint density at radius 2 is 1.70 bits per heavy atom. The summed E-state index contributed by atoms with van der Waals surface area (Å²) in [6.07, 6.45) is 0.302. The van der Waals surface area contributed by atoms with Gasteiger partial charge in [0, 0.05) is 52.2 Å². The molecule has 0 bridgehead atoms. The van der Waals surface area contributed by atoms with Crippen molar-refractivity contribution in [1.29, 1.82) is 0 Å². The van der Waals surface area contributed by atoms with Gasteiger partial charge in [-0.2, -0.15) is 0 Å². The van der Waals surface area contributed by atoms with Crippen LogP contribution in [-0.4, -0.2) is 92.1 Å². The Bertz CT molecular complexity index is 644. The van der Waals surface area contributed by atoms with Crippen LogP contribution in [0.25, 0.3) is 0 Å². The van der Waals surface area contributed by atoms with Crippen LogP contribution < -0.4 is 5.32 Å². The highest BCUT2D eigenvalue weighted by atomic mass is 19.1. The van der Waals surface area contributed by atoms with Crippen molar-refractivity contribution >= 4 is 17.5 Å². The van der Waals surface area contributed by atoms with Gasteiger partial charge in [0.15, 0.2) is 0 Å². The zero-order valence-corrected chi connectivity index (χ0v) is 15.5. The van der Waals surface area contributed by atoms with E-state index in [1.807, 2.05) is 4.90 Å². The van der Waals surface area contributed by atoms with Crippen LogP contribution in [-0.2, 0) is 14.3 Å². The molecule has 1 aromatic rings. The number of hydrogen-bond acceptors (Lipinski definition) is 5. The molecular weight excluding hydrogens is 351 g/mol. The van der Waals surface area contributed by atoms with Crippen LogP contribution >= 0.6 is 0 Å². The molecule has 148 valence electrons. The maximum atomic E-state index is 13.6. The molecule has 8 heteroatoms. The Labute approximate surface area is 159 Å². The standard InChI is InChI=1S/C19H27FN4O3/c20-16-3-1-2-4-17(16)21-18(25)5-6-22-7-9-24(10-8-22)19(26)15-23-11-13-27-14-12-23/h1-4H,5-15H2,(H,21,25). The zero-order valence-electron chi connectivity index (χ0n) is 15.5. The lowest BCUT2D eigenvalue weighted by Crippen LogP contribution is -2.52. The summed E-state index contributed by atoms with van der Waals surface area (Å²) in [7, 11) is 0. The first-order valence-electron chi connectivity index (χ1n) is 9.46. The Morgan fingerprint density at radius 3 is 2.41 bits per heavy atom. The van der Waals surface area contributed by atoms with Crippen LogP contribution in [0.15, 0.2) is 24.3 Å². The number of piperazine rings is 1. The molecule has 2 aliphatic rings. The van der Waals surface area contributed by atoms with Crippen LogP contribution in [0.4, 0.5) is 10.1 Å². The molecular formula is C19H27FN4O3. The minimum Gasteiger partial charge on any atom is -0.379 e. The Kier molecular flexibility index (Phi) is 7.14. The number of benzene rings is 1. The van der Waals surface area contributed by atoms with Crippen LogP contribution in [0.1, 0.15) is 6.42 Å². The van der Waals surface area contributed by atoms with Crippen molar-refractivity contribution in [2.24, 2.45) is 0 Å². The molecule has 27 heavy (non-hydrogen) atoms. The second-order valence-electron chi connectivity index (χ2n) is 6.89. The normalized spacial score (nSPS) is 19.1. The summed E-state index contributed by atoms with van der Waals surface area (Å²) >= 11 is 0. The highest BCUT2D eigenvalue weighted by molar-refractivity contribution is 5.90. The Morgan fingerprint density at radius 1 is 1.00 bits per heavy atom. The summed E-state index contributed by atoms with van der Waals surface area (Å²) in [5.41, 5.74) is 0.209. The summed E-state index contributed by atoms with van der Waals surface area (Å²) in [6.45, 7) is 6.91. The molecule has 2 amide bonds. The van der Waals surface area contributed by atoms with Gasteiger partial charge < -0.3 is 15.0 Å². The third-order valence-electron chi connectivity index (χ3n) is 4.99. The quantitative estimate of drug-likeness (QED) is 0.787. The molecule has 0 spiro atoms. The molecule has 3 rings (SSSR count). The average Bonchev–Trinajstić information content (AvgIpc) is 2.69. The van der Waals surface area contributed by atoms with E-state index >= 15 is 0 Å². The lowest BCUT2D eigenvalue weighted by Gasteiger charge is -2.36. The van der Waals surface area contributed by atoms with E-state index in [1.165, 1.54) is 6.07 Å². The number of halogens is 1. The number of ether oxygens (including phenoxy) is 1. The fourth-order valence-electron chi connectivity index (χ4n) is 3.31. The van der Waals surface area contributed by atoms with Crippen LogP contribution in [0.5, 0.6) is 0 Å². The van der Waals surface area contributed by atoms with Crippen molar-refractivity contribution in [3.63, 3.8) is 0 Å². The number of carbonyl (C=O) groups excluding carboxylic acids is 2. The average molecular weight is 378 g/mol. The smallest absolute Gasteiger partial charge is 0.236 e. The topological polar surface area (TPSA) is 65.1 Å². The van der Waals surface area contributed by atoms with E-state index in [-0.39, 0.29) is 17.5 Å². The second kappa shape index (κ2) is 9.77.